The zero-order valence-corrected chi connectivity index (χ0v) is 13.5. The molecule has 0 saturated carbocycles. The first-order valence-corrected chi connectivity index (χ1v) is 7.63. The second kappa shape index (κ2) is 5.78. The van der Waals surface area contributed by atoms with Gasteiger partial charge in [-0.15, -0.1) is 0 Å². The normalized spacial score (nSPS) is 14.1. The van der Waals surface area contributed by atoms with E-state index in [1.807, 2.05) is 30.3 Å². The molecule has 2 heterocycles. The summed E-state index contributed by atoms with van der Waals surface area (Å²) in [5, 5.41) is 10.3. The van der Waals surface area contributed by atoms with Gasteiger partial charge in [-0.05, 0) is 49.7 Å². The fourth-order valence-electron chi connectivity index (χ4n) is 2.47. The minimum absolute atomic E-state index is 0.267. The maximum atomic E-state index is 9.68. The topological polar surface area (TPSA) is 45.6 Å². The maximum absolute atomic E-state index is 9.68. The smallest absolute Gasteiger partial charge is 0.134 e. The molecule has 0 saturated heterocycles. The fraction of sp³-hybridized carbons (Fsp3) is 0.353. The van der Waals surface area contributed by atoms with Crippen molar-refractivity contribution in [2.75, 3.05) is 11.5 Å². The van der Waals surface area contributed by atoms with Gasteiger partial charge in [0.2, 0.25) is 0 Å². The molecule has 0 atom stereocenters. The number of aliphatic hydroxyl groups is 1. The number of hydrogen-bond donors (Lipinski definition) is 1. The van der Waals surface area contributed by atoms with Crippen LogP contribution >= 0.6 is 11.6 Å². The highest BCUT2D eigenvalue weighted by Crippen LogP contribution is 2.32. The first-order chi connectivity index (χ1) is 10.4. The van der Waals surface area contributed by atoms with E-state index in [1.54, 1.807) is 20.0 Å². The lowest BCUT2D eigenvalue weighted by molar-refractivity contribution is 0.0285. The van der Waals surface area contributed by atoms with Crippen molar-refractivity contribution in [3.8, 4) is 5.75 Å². The second-order valence-corrected chi connectivity index (χ2v) is 6.55. The SMILES string of the molecule is CC(C)(O)COc1ccc(N2Cc3ccnc(Cl)c3C2)cc1. The standard InChI is InChI=1S/C17H19ClN2O2/c1-17(2,21)11-22-14-5-3-13(4-6-14)20-9-12-7-8-19-16(18)15(12)10-20/h3-8,21H,9-11H2,1-2H3. The van der Waals surface area contributed by atoms with E-state index in [0.717, 1.165) is 30.1 Å². The Bertz CT molecular complexity index is 665. The van der Waals surface area contributed by atoms with Crippen molar-refractivity contribution in [3.63, 3.8) is 0 Å². The molecule has 0 radical (unpaired) electrons. The molecule has 1 aliphatic rings. The van der Waals surface area contributed by atoms with Crippen molar-refractivity contribution < 1.29 is 9.84 Å². The summed E-state index contributed by atoms with van der Waals surface area (Å²) in [6.45, 7) is 5.32. The van der Waals surface area contributed by atoms with Crippen LogP contribution in [0.3, 0.4) is 0 Å². The Labute approximate surface area is 135 Å². The molecule has 4 nitrogen and oxygen atoms in total. The predicted octanol–water partition coefficient (Wildman–Crippen LogP) is 3.40. The number of hydrogen-bond acceptors (Lipinski definition) is 4. The molecule has 0 fully saturated rings. The van der Waals surface area contributed by atoms with E-state index in [2.05, 4.69) is 9.88 Å². The predicted molar refractivity (Wildman–Crippen MR) is 87.4 cm³/mol. The van der Waals surface area contributed by atoms with Crippen LogP contribution in [0.25, 0.3) is 0 Å². The Kier molecular flexibility index (Phi) is 3.98. The lowest BCUT2D eigenvalue weighted by Crippen LogP contribution is -2.27. The Balaban J connectivity index is 1.69. The summed E-state index contributed by atoms with van der Waals surface area (Å²) in [7, 11) is 0. The summed E-state index contributed by atoms with van der Waals surface area (Å²) in [6.07, 6.45) is 1.75. The highest BCUT2D eigenvalue weighted by Gasteiger charge is 2.22. The van der Waals surface area contributed by atoms with E-state index in [4.69, 9.17) is 16.3 Å². The summed E-state index contributed by atoms with van der Waals surface area (Å²) in [5.74, 6) is 0.752. The van der Waals surface area contributed by atoms with Gasteiger partial charge in [-0.3, -0.25) is 0 Å². The number of ether oxygens (including phenoxy) is 1. The number of nitrogens with zero attached hydrogens (tertiary/aromatic N) is 2. The van der Waals surface area contributed by atoms with Crippen LogP contribution in [0.1, 0.15) is 25.0 Å². The molecule has 3 rings (SSSR count). The largest absolute Gasteiger partial charge is 0.491 e. The minimum Gasteiger partial charge on any atom is -0.491 e. The molecule has 5 heteroatoms. The van der Waals surface area contributed by atoms with E-state index >= 15 is 0 Å². The average molecular weight is 319 g/mol. The van der Waals surface area contributed by atoms with E-state index in [-0.39, 0.29) is 6.61 Å². The molecule has 0 amide bonds. The van der Waals surface area contributed by atoms with Crippen molar-refractivity contribution in [2.45, 2.75) is 32.5 Å². The Hall–Kier alpha value is -1.78. The zero-order chi connectivity index (χ0) is 15.7. The van der Waals surface area contributed by atoms with Gasteiger partial charge in [0.05, 0.1) is 5.60 Å². The summed E-state index contributed by atoms with van der Waals surface area (Å²) in [5.41, 5.74) is 2.61. The summed E-state index contributed by atoms with van der Waals surface area (Å²) < 4.78 is 5.57. The van der Waals surface area contributed by atoms with Gasteiger partial charge in [0.15, 0.2) is 0 Å². The summed E-state index contributed by atoms with van der Waals surface area (Å²) in [6, 6.07) is 9.90. The van der Waals surface area contributed by atoms with Crippen LogP contribution in [0.4, 0.5) is 5.69 Å². The second-order valence-electron chi connectivity index (χ2n) is 6.19. The molecule has 2 aromatic rings. The van der Waals surface area contributed by atoms with Gasteiger partial charge < -0.3 is 14.7 Å². The van der Waals surface area contributed by atoms with E-state index in [1.165, 1.54) is 5.56 Å². The lowest BCUT2D eigenvalue weighted by atomic mass is 10.2. The van der Waals surface area contributed by atoms with Crippen molar-refractivity contribution in [1.82, 2.24) is 4.98 Å². The number of fused-ring (bicyclic) bond motifs is 1. The number of halogens is 1. The van der Waals surface area contributed by atoms with Gasteiger partial charge in [0, 0.05) is 30.5 Å². The molecule has 1 aromatic carbocycles. The molecule has 1 N–H and O–H groups in total. The summed E-state index contributed by atoms with van der Waals surface area (Å²) in [4.78, 5) is 6.38. The Morgan fingerprint density at radius 2 is 1.95 bits per heavy atom. The van der Waals surface area contributed by atoms with Crippen LogP contribution in [0.15, 0.2) is 36.5 Å². The molecular weight excluding hydrogens is 300 g/mol. The third-order valence-electron chi connectivity index (χ3n) is 3.60. The van der Waals surface area contributed by atoms with E-state index < -0.39 is 5.60 Å². The number of aromatic nitrogens is 1. The Morgan fingerprint density at radius 3 is 2.59 bits per heavy atom. The van der Waals surface area contributed by atoms with Crippen molar-refractivity contribution in [2.24, 2.45) is 0 Å². The molecule has 22 heavy (non-hydrogen) atoms. The van der Waals surface area contributed by atoms with Crippen molar-refractivity contribution in [3.05, 3.63) is 52.8 Å². The number of anilines is 1. The minimum atomic E-state index is -0.834. The lowest BCUT2D eigenvalue weighted by Gasteiger charge is -2.20. The molecule has 0 unspecified atom stereocenters. The monoisotopic (exact) mass is 318 g/mol. The molecule has 0 spiro atoms. The van der Waals surface area contributed by atoms with Crippen LogP contribution < -0.4 is 9.64 Å². The first kappa shape index (κ1) is 15.1. The van der Waals surface area contributed by atoms with E-state index in [9.17, 15) is 5.11 Å². The molecular formula is C17H19ClN2O2. The third-order valence-corrected chi connectivity index (χ3v) is 3.93. The maximum Gasteiger partial charge on any atom is 0.134 e. The van der Waals surface area contributed by atoms with Crippen molar-refractivity contribution >= 4 is 17.3 Å². The number of rotatable bonds is 4. The van der Waals surface area contributed by atoms with Crippen LogP contribution in [-0.4, -0.2) is 22.3 Å². The van der Waals surface area contributed by atoms with Crippen LogP contribution in [0, 0.1) is 0 Å². The van der Waals surface area contributed by atoms with Gasteiger partial charge in [0.25, 0.3) is 0 Å². The van der Waals surface area contributed by atoms with Crippen LogP contribution in [0.2, 0.25) is 5.15 Å². The van der Waals surface area contributed by atoms with Gasteiger partial charge in [-0.1, -0.05) is 11.6 Å². The van der Waals surface area contributed by atoms with E-state index in [0.29, 0.717) is 5.15 Å². The number of pyridine rings is 1. The highest BCUT2D eigenvalue weighted by atomic mass is 35.5. The zero-order valence-electron chi connectivity index (χ0n) is 12.7. The van der Waals surface area contributed by atoms with Gasteiger partial charge >= 0.3 is 0 Å². The van der Waals surface area contributed by atoms with Gasteiger partial charge in [-0.25, -0.2) is 4.98 Å². The van der Waals surface area contributed by atoms with Gasteiger partial charge in [0.1, 0.15) is 17.5 Å². The quantitative estimate of drug-likeness (QED) is 0.878. The molecule has 0 aliphatic carbocycles. The Morgan fingerprint density at radius 1 is 1.23 bits per heavy atom. The van der Waals surface area contributed by atoms with Crippen LogP contribution in [0.5, 0.6) is 5.75 Å². The first-order valence-electron chi connectivity index (χ1n) is 7.25. The summed E-state index contributed by atoms with van der Waals surface area (Å²) >= 11 is 6.15. The van der Waals surface area contributed by atoms with Crippen LogP contribution in [-0.2, 0) is 13.1 Å². The molecule has 0 bridgehead atoms. The third kappa shape index (κ3) is 3.34. The average Bonchev–Trinajstić information content (AvgIpc) is 2.90. The van der Waals surface area contributed by atoms with Gasteiger partial charge in [-0.2, -0.15) is 0 Å². The molecule has 1 aliphatic heterocycles. The van der Waals surface area contributed by atoms with Crippen molar-refractivity contribution in [1.29, 1.82) is 0 Å². The number of benzene rings is 1. The molecule has 1 aromatic heterocycles. The molecule has 116 valence electrons. The fourth-order valence-corrected chi connectivity index (χ4v) is 2.70. The highest BCUT2D eigenvalue weighted by molar-refractivity contribution is 6.30.